The van der Waals surface area contributed by atoms with E-state index in [9.17, 15) is 55.5 Å². The summed E-state index contributed by atoms with van der Waals surface area (Å²) in [6, 6.07) is -2.60. The minimum Gasteiger partial charge on any atom is -0.394 e. The molecular formula is C38H68N2O21. The van der Waals surface area contributed by atoms with Crippen molar-refractivity contribution in [2.75, 3.05) is 52.9 Å². The second-order valence-corrected chi connectivity index (χ2v) is 16.0. The van der Waals surface area contributed by atoms with Crippen molar-refractivity contribution in [1.29, 1.82) is 0 Å². The van der Waals surface area contributed by atoms with E-state index < -0.39 is 154 Å². The molecule has 2 amide bonds. The standard InChI is InChI=1S/C38H68N2O21/c1-7-8-52-9-10-53-11-12-54-35-26(46)20(13-41)58-38(31(35)51)61-33-21(14-42)59-36(24(28(33)48)40-19(6)44)60-34-22(15-55-37-30(50)29(49)25(45)17(4)56-37)57-32(16(2)3)23(27(34)47)39-18(5)43/h16-17,20-38,41-42,45-51H,7-15H2,1-6H3,(H,39,43)(H,40,44)/t17?,20?,21?,22?,23-,24-,25+,26+,27?,28?,29?,30?,31+,32-,33+,34+,35?,36-,37+,38-/m0/s1. The molecule has 20 atom stereocenters. The third-order valence-electron chi connectivity index (χ3n) is 10.9. The fraction of sp³-hybridized carbons (Fsp3) is 0.947. The Morgan fingerprint density at radius 2 is 1.13 bits per heavy atom. The largest absolute Gasteiger partial charge is 0.394 e. The summed E-state index contributed by atoms with van der Waals surface area (Å²) in [6.45, 7) is 8.55. The zero-order chi connectivity index (χ0) is 45.1. The van der Waals surface area contributed by atoms with Gasteiger partial charge < -0.3 is 104 Å². The van der Waals surface area contributed by atoms with Crippen LogP contribution in [0.15, 0.2) is 0 Å². The van der Waals surface area contributed by atoms with Crippen molar-refractivity contribution in [3.63, 3.8) is 0 Å². The van der Waals surface area contributed by atoms with Crippen LogP contribution in [0.4, 0.5) is 0 Å². The Hall–Kier alpha value is -1.82. The molecule has 4 heterocycles. The van der Waals surface area contributed by atoms with Crippen molar-refractivity contribution < 1.29 is 103 Å². The first-order chi connectivity index (χ1) is 28.9. The summed E-state index contributed by atoms with van der Waals surface area (Å²) in [6.07, 6.45) is -25.6. The number of nitrogens with one attached hydrogen (secondary N) is 2. The van der Waals surface area contributed by atoms with E-state index in [0.717, 1.165) is 13.3 Å². The molecule has 0 bridgehead atoms. The van der Waals surface area contributed by atoms with E-state index in [1.165, 1.54) is 13.8 Å². The number of aliphatic hydroxyl groups is 9. The maximum Gasteiger partial charge on any atom is 0.217 e. The van der Waals surface area contributed by atoms with Gasteiger partial charge in [0.1, 0.15) is 85.4 Å². The van der Waals surface area contributed by atoms with Gasteiger partial charge >= 0.3 is 0 Å². The molecule has 4 fully saturated rings. The fourth-order valence-electron chi connectivity index (χ4n) is 7.72. The zero-order valence-corrected chi connectivity index (χ0v) is 35.4. The van der Waals surface area contributed by atoms with Crippen LogP contribution in [-0.4, -0.2) is 233 Å². The Bertz CT molecular complexity index is 1320. The average molecular weight is 889 g/mol. The highest BCUT2D eigenvalue weighted by Gasteiger charge is 2.55. The molecule has 0 aromatic carbocycles. The zero-order valence-electron chi connectivity index (χ0n) is 35.4. The second-order valence-electron chi connectivity index (χ2n) is 16.0. The minimum atomic E-state index is -1.80. The fourth-order valence-corrected chi connectivity index (χ4v) is 7.72. The molecule has 0 aromatic rings. The molecule has 0 aromatic heterocycles. The lowest BCUT2D eigenvalue weighted by atomic mass is 9.87. The van der Waals surface area contributed by atoms with Crippen LogP contribution in [0.3, 0.4) is 0 Å². The van der Waals surface area contributed by atoms with Gasteiger partial charge in [0, 0.05) is 20.5 Å². The van der Waals surface area contributed by atoms with E-state index >= 15 is 0 Å². The van der Waals surface area contributed by atoms with Gasteiger partial charge in [-0.15, -0.1) is 0 Å². The highest BCUT2D eigenvalue weighted by atomic mass is 16.7. The number of rotatable bonds is 21. The Morgan fingerprint density at radius 1 is 0.574 bits per heavy atom. The van der Waals surface area contributed by atoms with Crippen molar-refractivity contribution in [1.82, 2.24) is 10.6 Å². The van der Waals surface area contributed by atoms with Gasteiger partial charge in [-0.3, -0.25) is 9.59 Å². The summed E-state index contributed by atoms with van der Waals surface area (Å²) in [4.78, 5) is 24.9. The lowest BCUT2D eigenvalue weighted by molar-refractivity contribution is -0.362. The van der Waals surface area contributed by atoms with Gasteiger partial charge in [-0.05, 0) is 19.3 Å². The Labute approximate surface area is 354 Å². The lowest BCUT2D eigenvalue weighted by Gasteiger charge is -2.50. The molecule has 4 aliphatic rings. The molecular weight excluding hydrogens is 820 g/mol. The van der Waals surface area contributed by atoms with Gasteiger partial charge in [0.2, 0.25) is 11.8 Å². The molecule has 23 heteroatoms. The summed E-state index contributed by atoms with van der Waals surface area (Å²) in [5, 5.41) is 103. The van der Waals surface area contributed by atoms with E-state index in [-0.39, 0.29) is 25.7 Å². The Morgan fingerprint density at radius 3 is 1.74 bits per heavy atom. The number of carbonyl (C=O) groups is 2. The van der Waals surface area contributed by atoms with E-state index in [1.54, 1.807) is 13.8 Å². The van der Waals surface area contributed by atoms with Crippen LogP contribution in [0, 0.1) is 5.92 Å². The summed E-state index contributed by atoms with van der Waals surface area (Å²) in [5.74, 6) is -1.50. The molecule has 4 saturated heterocycles. The van der Waals surface area contributed by atoms with Crippen molar-refractivity contribution in [2.45, 2.75) is 170 Å². The predicted molar refractivity (Wildman–Crippen MR) is 204 cm³/mol. The third-order valence-corrected chi connectivity index (χ3v) is 10.9. The average Bonchev–Trinajstić information content (AvgIpc) is 3.21. The first-order valence-electron chi connectivity index (χ1n) is 20.8. The van der Waals surface area contributed by atoms with Gasteiger partial charge in [0.25, 0.3) is 0 Å². The summed E-state index contributed by atoms with van der Waals surface area (Å²) >= 11 is 0. The molecule has 11 N–H and O–H groups in total. The van der Waals surface area contributed by atoms with Crippen LogP contribution in [0.5, 0.6) is 0 Å². The third kappa shape index (κ3) is 13.4. The van der Waals surface area contributed by atoms with E-state index in [1.807, 2.05) is 6.92 Å². The van der Waals surface area contributed by atoms with Crippen molar-refractivity contribution in [3.05, 3.63) is 0 Å². The van der Waals surface area contributed by atoms with Gasteiger partial charge in [0.05, 0.1) is 64.5 Å². The van der Waals surface area contributed by atoms with Crippen LogP contribution in [0.1, 0.15) is 48.0 Å². The van der Waals surface area contributed by atoms with Crippen LogP contribution >= 0.6 is 0 Å². The number of ether oxygens (including phenoxy) is 10. The number of amides is 2. The topological polar surface area (TPSA) is 333 Å². The van der Waals surface area contributed by atoms with Crippen molar-refractivity contribution >= 4 is 11.8 Å². The molecule has 23 nitrogen and oxygen atoms in total. The molecule has 61 heavy (non-hydrogen) atoms. The van der Waals surface area contributed by atoms with E-state index in [4.69, 9.17) is 47.4 Å². The molecule has 0 saturated carbocycles. The van der Waals surface area contributed by atoms with Crippen LogP contribution < -0.4 is 10.6 Å². The molecule has 0 aliphatic carbocycles. The first kappa shape index (κ1) is 51.8. The SMILES string of the molecule is CCCOCCOCCOC1[C@H](O)C(CO)O[C@@H](O[C@@H]2C(CO)O[C@@H](O[C@@H]3C(CO[C@@H]4OC(C)[C@@H](O)C(O)C4O)O[C@@H](C(C)C)[C@@H](NC(C)=O)C3O)[C@@H](NC(C)=O)C2O)[C@@H]1O. The number of aliphatic hydroxyl groups excluding tert-OH is 9. The highest BCUT2D eigenvalue weighted by molar-refractivity contribution is 5.73. The van der Waals surface area contributed by atoms with Gasteiger partial charge in [-0.25, -0.2) is 0 Å². The number of hydrogen-bond donors (Lipinski definition) is 11. The van der Waals surface area contributed by atoms with Gasteiger partial charge in [0.15, 0.2) is 18.9 Å². The van der Waals surface area contributed by atoms with Crippen LogP contribution in [0.25, 0.3) is 0 Å². The predicted octanol–water partition coefficient (Wildman–Crippen LogP) is -5.26. The van der Waals surface area contributed by atoms with Gasteiger partial charge in [-0.2, -0.15) is 0 Å². The molecule has 0 radical (unpaired) electrons. The number of carbonyl (C=O) groups excluding carboxylic acids is 2. The van der Waals surface area contributed by atoms with Crippen molar-refractivity contribution in [2.24, 2.45) is 5.92 Å². The molecule has 4 rings (SSSR count). The maximum atomic E-state index is 12.6. The smallest absolute Gasteiger partial charge is 0.217 e. The van der Waals surface area contributed by atoms with E-state index in [0.29, 0.717) is 13.2 Å². The summed E-state index contributed by atoms with van der Waals surface area (Å²) in [7, 11) is 0. The van der Waals surface area contributed by atoms with Crippen LogP contribution in [-0.2, 0) is 57.0 Å². The lowest BCUT2D eigenvalue weighted by Crippen LogP contribution is -2.70. The second kappa shape index (κ2) is 24.5. The number of hydrogen-bond acceptors (Lipinski definition) is 21. The van der Waals surface area contributed by atoms with Crippen LogP contribution in [0.2, 0.25) is 0 Å². The summed E-state index contributed by atoms with van der Waals surface area (Å²) in [5.41, 5.74) is 0. The van der Waals surface area contributed by atoms with E-state index in [2.05, 4.69) is 10.6 Å². The molecule has 356 valence electrons. The van der Waals surface area contributed by atoms with Gasteiger partial charge in [-0.1, -0.05) is 20.8 Å². The molecule has 9 unspecified atom stereocenters. The highest BCUT2D eigenvalue weighted by Crippen LogP contribution is 2.35. The Balaban J connectivity index is 1.55. The quantitative estimate of drug-likeness (QED) is 0.0480. The summed E-state index contributed by atoms with van der Waals surface area (Å²) < 4.78 is 58.4. The monoisotopic (exact) mass is 888 g/mol. The Kier molecular flexibility index (Phi) is 20.8. The maximum absolute atomic E-state index is 12.6. The minimum absolute atomic E-state index is 0.0727. The normalized spacial score (nSPS) is 42.0. The van der Waals surface area contributed by atoms with Crippen molar-refractivity contribution in [3.8, 4) is 0 Å². The molecule has 0 spiro atoms. The first-order valence-corrected chi connectivity index (χ1v) is 20.8. The molecule has 4 aliphatic heterocycles.